The standard InChI is InChI=1S/C18H25NO4/c1-14(2)12-18(16(20)21)8-10-19(11-9-18)17(22)23-13-15-6-4-3-5-7-15/h3-7,14H,8-13H2,1-2H3,(H,20,21). The summed E-state index contributed by atoms with van der Waals surface area (Å²) in [6.45, 7) is 5.18. The van der Waals surface area contributed by atoms with Crippen LogP contribution in [0.25, 0.3) is 0 Å². The fraction of sp³-hybridized carbons (Fsp3) is 0.556. The smallest absolute Gasteiger partial charge is 0.410 e. The molecule has 1 heterocycles. The zero-order chi connectivity index (χ0) is 16.9. The van der Waals surface area contributed by atoms with Crippen molar-refractivity contribution in [3.63, 3.8) is 0 Å². The van der Waals surface area contributed by atoms with E-state index in [1.165, 1.54) is 0 Å². The summed E-state index contributed by atoms with van der Waals surface area (Å²) in [5, 5.41) is 9.58. The Labute approximate surface area is 137 Å². The average molecular weight is 319 g/mol. The van der Waals surface area contributed by atoms with Crippen LogP contribution < -0.4 is 0 Å². The lowest BCUT2D eigenvalue weighted by molar-refractivity contribution is -0.153. The second kappa shape index (κ2) is 7.49. The molecule has 0 bridgehead atoms. The number of benzene rings is 1. The number of carboxylic acid groups (broad SMARTS) is 1. The number of carbonyl (C=O) groups excluding carboxylic acids is 1. The summed E-state index contributed by atoms with van der Waals surface area (Å²) in [7, 11) is 0. The maximum atomic E-state index is 12.1. The minimum atomic E-state index is -0.747. The van der Waals surface area contributed by atoms with Gasteiger partial charge in [-0.15, -0.1) is 0 Å². The first-order chi connectivity index (χ1) is 10.9. The highest BCUT2D eigenvalue weighted by atomic mass is 16.6. The third-order valence-corrected chi connectivity index (χ3v) is 4.44. The molecule has 1 aliphatic rings. The zero-order valence-corrected chi connectivity index (χ0v) is 13.8. The highest BCUT2D eigenvalue weighted by molar-refractivity contribution is 5.75. The Balaban J connectivity index is 1.87. The van der Waals surface area contributed by atoms with E-state index in [0.717, 1.165) is 5.56 Å². The van der Waals surface area contributed by atoms with Crippen LogP contribution in [0.4, 0.5) is 4.79 Å². The topological polar surface area (TPSA) is 66.8 Å². The highest BCUT2D eigenvalue weighted by Gasteiger charge is 2.42. The Morgan fingerprint density at radius 2 is 1.83 bits per heavy atom. The molecular weight excluding hydrogens is 294 g/mol. The van der Waals surface area contributed by atoms with Crippen LogP contribution >= 0.6 is 0 Å². The predicted molar refractivity (Wildman–Crippen MR) is 87.0 cm³/mol. The Morgan fingerprint density at radius 3 is 2.35 bits per heavy atom. The number of carbonyl (C=O) groups is 2. The maximum absolute atomic E-state index is 12.1. The molecule has 23 heavy (non-hydrogen) atoms. The molecule has 0 radical (unpaired) electrons. The van der Waals surface area contributed by atoms with Crippen molar-refractivity contribution in [2.75, 3.05) is 13.1 Å². The molecule has 1 aromatic rings. The summed E-state index contributed by atoms with van der Waals surface area (Å²) in [5.74, 6) is -0.425. The van der Waals surface area contributed by atoms with E-state index >= 15 is 0 Å². The lowest BCUT2D eigenvalue weighted by Gasteiger charge is -2.39. The van der Waals surface area contributed by atoms with Crippen molar-refractivity contribution in [1.29, 1.82) is 0 Å². The quantitative estimate of drug-likeness (QED) is 0.901. The molecule has 5 nitrogen and oxygen atoms in total. The van der Waals surface area contributed by atoms with Crippen LogP contribution in [0.2, 0.25) is 0 Å². The van der Waals surface area contributed by atoms with Crippen LogP contribution in [0, 0.1) is 11.3 Å². The van der Waals surface area contributed by atoms with Crippen molar-refractivity contribution in [3.8, 4) is 0 Å². The second-order valence-electron chi connectivity index (χ2n) is 6.71. The fourth-order valence-electron chi connectivity index (χ4n) is 3.21. The minimum Gasteiger partial charge on any atom is -0.481 e. The Bertz CT molecular complexity index is 533. The molecule has 5 heteroatoms. The third kappa shape index (κ3) is 4.47. The molecule has 1 aromatic carbocycles. The van der Waals surface area contributed by atoms with E-state index < -0.39 is 11.4 Å². The number of nitrogens with zero attached hydrogens (tertiary/aromatic N) is 1. The third-order valence-electron chi connectivity index (χ3n) is 4.44. The van der Waals surface area contributed by atoms with E-state index in [9.17, 15) is 14.7 Å². The number of rotatable bonds is 5. The molecular formula is C18H25NO4. The van der Waals surface area contributed by atoms with Gasteiger partial charge in [0.05, 0.1) is 5.41 Å². The molecule has 0 saturated carbocycles. The van der Waals surface area contributed by atoms with Crippen LogP contribution in [0.1, 0.15) is 38.7 Å². The molecule has 1 amide bonds. The Hall–Kier alpha value is -2.04. The van der Waals surface area contributed by atoms with E-state index in [2.05, 4.69) is 0 Å². The van der Waals surface area contributed by atoms with Gasteiger partial charge < -0.3 is 14.7 Å². The molecule has 126 valence electrons. The van der Waals surface area contributed by atoms with Crippen molar-refractivity contribution in [3.05, 3.63) is 35.9 Å². The van der Waals surface area contributed by atoms with E-state index in [0.29, 0.717) is 38.3 Å². The normalized spacial score (nSPS) is 17.1. The van der Waals surface area contributed by atoms with Crippen molar-refractivity contribution in [2.45, 2.75) is 39.7 Å². The lowest BCUT2D eigenvalue weighted by Crippen LogP contribution is -2.47. The van der Waals surface area contributed by atoms with Gasteiger partial charge in [-0.25, -0.2) is 4.79 Å². The summed E-state index contributed by atoms with van der Waals surface area (Å²) in [6, 6.07) is 9.52. The fourth-order valence-corrected chi connectivity index (χ4v) is 3.21. The van der Waals surface area contributed by atoms with Gasteiger partial charge in [0.1, 0.15) is 6.61 Å². The van der Waals surface area contributed by atoms with Gasteiger partial charge in [0.2, 0.25) is 0 Å². The van der Waals surface area contributed by atoms with Gasteiger partial charge in [-0.2, -0.15) is 0 Å². The number of hydrogen-bond acceptors (Lipinski definition) is 3. The lowest BCUT2D eigenvalue weighted by atomic mass is 9.73. The first-order valence-corrected chi connectivity index (χ1v) is 8.12. The SMILES string of the molecule is CC(C)CC1(C(=O)O)CCN(C(=O)OCc2ccccc2)CC1. The molecule has 0 spiro atoms. The molecule has 0 aromatic heterocycles. The average Bonchev–Trinajstić information content (AvgIpc) is 2.53. The predicted octanol–water partition coefficient (Wildman–Crippen LogP) is 3.54. The van der Waals surface area contributed by atoms with Gasteiger partial charge >= 0.3 is 12.1 Å². The van der Waals surface area contributed by atoms with E-state index in [1.807, 2.05) is 44.2 Å². The van der Waals surface area contributed by atoms with Gasteiger partial charge in [0.15, 0.2) is 0 Å². The molecule has 1 aliphatic heterocycles. The van der Waals surface area contributed by atoms with Crippen LogP contribution in [-0.4, -0.2) is 35.2 Å². The Morgan fingerprint density at radius 1 is 1.22 bits per heavy atom. The first-order valence-electron chi connectivity index (χ1n) is 8.12. The number of likely N-dealkylation sites (tertiary alicyclic amines) is 1. The minimum absolute atomic E-state index is 0.242. The Kier molecular flexibility index (Phi) is 5.64. The van der Waals surface area contributed by atoms with Crippen molar-refractivity contribution in [1.82, 2.24) is 4.90 Å². The van der Waals surface area contributed by atoms with Crippen LogP contribution in [0.15, 0.2) is 30.3 Å². The zero-order valence-electron chi connectivity index (χ0n) is 13.8. The molecule has 0 atom stereocenters. The number of carboxylic acids is 1. The number of ether oxygens (including phenoxy) is 1. The van der Waals surface area contributed by atoms with Crippen LogP contribution in [-0.2, 0) is 16.1 Å². The molecule has 0 unspecified atom stereocenters. The molecule has 1 fully saturated rings. The van der Waals surface area contributed by atoms with Crippen LogP contribution in [0.3, 0.4) is 0 Å². The second-order valence-corrected chi connectivity index (χ2v) is 6.71. The largest absolute Gasteiger partial charge is 0.481 e. The number of aliphatic carboxylic acids is 1. The highest BCUT2D eigenvalue weighted by Crippen LogP contribution is 2.38. The summed E-state index contributed by atoms with van der Waals surface area (Å²) in [5.41, 5.74) is 0.238. The van der Waals surface area contributed by atoms with Crippen molar-refractivity contribution in [2.24, 2.45) is 11.3 Å². The van der Waals surface area contributed by atoms with E-state index in [4.69, 9.17) is 4.74 Å². The van der Waals surface area contributed by atoms with Crippen LogP contribution in [0.5, 0.6) is 0 Å². The number of hydrogen-bond donors (Lipinski definition) is 1. The number of amides is 1. The van der Waals surface area contributed by atoms with Crippen molar-refractivity contribution < 1.29 is 19.4 Å². The summed E-state index contributed by atoms with van der Waals surface area (Å²) >= 11 is 0. The van der Waals surface area contributed by atoms with Gasteiger partial charge in [-0.1, -0.05) is 44.2 Å². The van der Waals surface area contributed by atoms with Gasteiger partial charge in [-0.05, 0) is 30.7 Å². The molecule has 1 saturated heterocycles. The first kappa shape index (κ1) is 17.3. The van der Waals surface area contributed by atoms with Gasteiger partial charge in [0, 0.05) is 13.1 Å². The van der Waals surface area contributed by atoms with Crippen molar-refractivity contribution >= 4 is 12.1 Å². The van der Waals surface area contributed by atoms with E-state index in [-0.39, 0.29) is 12.7 Å². The molecule has 0 aliphatic carbocycles. The summed E-state index contributed by atoms with van der Waals surface area (Å²) in [6.07, 6.45) is 1.26. The van der Waals surface area contributed by atoms with E-state index in [1.54, 1.807) is 4.90 Å². The summed E-state index contributed by atoms with van der Waals surface area (Å²) < 4.78 is 5.32. The number of piperidine rings is 1. The molecule has 1 N–H and O–H groups in total. The van der Waals surface area contributed by atoms with Gasteiger partial charge in [0.25, 0.3) is 0 Å². The van der Waals surface area contributed by atoms with Gasteiger partial charge in [-0.3, -0.25) is 4.79 Å². The maximum Gasteiger partial charge on any atom is 0.410 e. The monoisotopic (exact) mass is 319 g/mol. The molecule has 2 rings (SSSR count). The summed E-state index contributed by atoms with van der Waals surface area (Å²) in [4.78, 5) is 25.4.